The second-order valence-electron chi connectivity index (χ2n) is 6.48. The van der Waals surface area contributed by atoms with Crippen molar-refractivity contribution in [3.63, 3.8) is 0 Å². The van der Waals surface area contributed by atoms with Crippen LogP contribution < -0.4 is 0 Å². The van der Waals surface area contributed by atoms with Crippen molar-refractivity contribution in [2.24, 2.45) is 16.8 Å². The molecule has 3 atom stereocenters. The molecule has 0 N–H and O–H groups in total. The zero-order valence-corrected chi connectivity index (χ0v) is 13.0. The van der Waals surface area contributed by atoms with Gasteiger partial charge in [0.2, 0.25) is 0 Å². The first kappa shape index (κ1) is 14.5. The van der Waals surface area contributed by atoms with Gasteiger partial charge in [-0.05, 0) is 43.1 Å². The predicted molar refractivity (Wildman–Crippen MR) is 89.4 cm³/mol. The van der Waals surface area contributed by atoms with Crippen molar-refractivity contribution < 1.29 is 0 Å². The molecule has 0 aromatic heterocycles. The van der Waals surface area contributed by atoms with E-state index in [4.69, 9.17) is 0 Å². The van der Waals surface area contributed by atoms with E-state index in [9.17, 15) is 0 Å². The van der Waals surface area contributed by atoms with Gasteiger partial charge in [0.25, 0.3) is 0 Å². The maximum atomic E-state index is 4.19. The monoisotopic (exact) mass is 282 g/mol. The average molecular weight is 282 g/mol. The average Bonchev–Trinajstić information content (AvgIpc) is 2.91. The summed E-state index contributed by atoms with van der Waals surface area (Å²) in [7, 11) is 0. The topological polar surface area (TPSA) is 15.6 Å². The number of hydrogen-bond acceptors (Lipinski definition) is 2. The van der Waals surface area contributed by atoms with Gasteiger partial charge in [-0.15, -0.1) is 0 Å². The number of rotatable bonds is 5. The minimum Gasteiger partial charge on any atom is -0.296 e. The van der Waals surface area contributed by atoms with Gasteiger partial charge in [0.15, 0.2) is 0 Å². The van der Waals surface area contributed by atoms with Crippen LogP contribution >= 0.6 is 0 Å². The van der Waals surface area contributed by atoms with Crippen LogP contribution in [-0.2, 0) is 6.54 Å². The van der Waals surface area contributed by atoms with Crippen LogP contribution in [0.1, 0.15) is 38.2 Å². The molecule has 0 amide bonds. The third-order valence-electron chi connectivity index (χ3n) is 4.91. The Hall–Kier alpha value is -1.41. The van der Waals surface area contributed by atoms with E-state index in [0.717, 1.165) is 24.9 Å². The van der Waals surface area contributed by atoms with Crippen LogP contribution in [0.4, 0.5) is 0 Å². The van der Waals surface area contributed by atoms with Gasteiger partial charge in [0.05, 0.1) is 0 Å². The fourth-order valence-corrected chi connectivity index (χ4v) is 3.81. The molecule has 2 nitrogen and oxygen atoms in total. The molecule has 1 aromatic rings. The van der Waals surface area contributed by atoms with E-state index in [1.54, 1.807) is 0 Å². The Balaban J connectivity index is 1.57. The van der Waals surface area contributed by atoms with Gasteiger partial charge >= 0.3 is 0 Å². The molecule has 0 saturated carbocycles. The van der Waals surface area contributed by atoms with E-state index in [2.05, 4.69) is 59.4 Å². The zero-order chi connectivity index (χ0) is 14.5. The van der Waals surface area contributed by atoms with Crippen molar-refractivity contribution in [3.05, 3.63) is 48.2 Å². The third-order valence-corrected chi connectivity index (χ3v) is 4.91. The Labute approximate surface area is 128 Å². The van der Waals surface area contributed by atoms with Crippen molar-refractivity contribution in [3.8, 4) is 0 Å². The third kappa shape index (κ3) is 3.82. The van der Waals surface area contributed by atoms with Crippen molar-refractivity contribution in [2.75, 3.05) is 6.54 Å². The van der Waals surface area contributed by atoms with Gasteiger partial charge in [-0.1, -0.05) is 43.3 Å². The summed E-state index contributed by atoms with van der Waals surface area (Å²) in [4.78, 5) is 6.88. The fourth-order valence-electron chi connectivity index (χ4n) is 3.81. The van der Waals surface area contributed by atoms with Crippen LogP contribution in [0.2, 0.25) is 0 Å². The molecule has 3 unspecified atom stereocenters. The number of aliphatic imine (C=N–C) groups is 1. The van der Waals surface area contributed by atoms with Crippen molar-refractivity contribution in [1.29, 1.82) is 0 Å². The maximum absolute atomic E-state index is 4.19. The normalized spacial score (nSPS) is 29.1. The summed E-state index contributed by atoms with van der Waals surface area (Å²) in [6.45, 7) is 4.70. The Morgan fingerprint density at radius 2 is 2.10 bits per heavy atom. The maximum Gasteiger partial charge on any atom is 0.0236 e. The number of allylic oxidation sites excluding steroid dienone is 1. The summed E-state index contributed by atoms with van der Waals surface area (Å²) in [5.41, 5.74) is 1.45. The Kier molecular flexibility index (Phi) is 4.87. The SMILES string of the molecule is CCC1CC(CC2C=CN=CC2)CN1Cc1ccccc1. The summed E-state index contributed by atoms with van der Waals surface area (Å²) in [6, 6.07) is 11.7. The van der Waals surface area contributed by atoms with Crippen LogP contribution in [0.25, 0.3) is 0 Å². The van der Waals surface area contributed by atoms with E-state index in [1.165, 1.54) is 31.4 Å². The van der Waals surface area contributed by atoms with Gasteiger partial charge in [-0.2, -0.15) is 0 Å². The minimum atomic E-state index is 0.710. The number of nitrogens with zero attached hydrogens (tertiary/aromatic N) is 2. The molecule has 1 aromatic carbocycles. The van der Waals surface area contributed by atoms with E-state index in [0.29, 0.717) is 5.92 Å². The Bertz CT molecular complexity index is 492. The lowest BCUT2D eigenvalue weighted by Crippen LogP contribution is -2.28. The second-order valence-corrected chi connectivity index (χ2v) is 6.48. The van der Waals surface area contributed by atoms with Crippen LogP contribution in [0.15, 0.2) is 47.6 Å². The number of likely N-dealkylation sites (tertiary alicyclic amines) is 1. The highest BCUT2D eigenvalue weighted by molar-refractivity contribution is 5.60. The molecule has 112 valence electrons. The minimum absolute atomic E-state index is 0.710. The first-order valence-corrected chi connectivity index (χ1v) is 8.31. The summed E-state index contributed by atoms with van der Waals surface area (Å²) in [6.07, 6.45) is 11.4. The molecule has 0 bridgehead atoms. The first-order valence-electron chi connectivity index (χ1n) is 8.31. The summed E-state index contributed by atoms with van der Waals surface area (Å²) < 4.78 is 0. The lowest BCUT2D eigenvalue weighted by Gasteiger charge is -2.23. The highest BCUT2D eigenvalue weighted by atomic mass is 15.2. The number of hydrogen-bond donors (Lipinski definition) is 0. The molecule has 0 aliphatic carbocycles. The molecule has 3 rings (SSSR count). The smallest absolute Gasteiger partial charge is 0.0236 e. The highest BCUT2D eigenvalue weighted by Gasteiger charge is 2.31. The van der Waals surface area contributed by atoms with Gasteiger partial charge < -0.3 is 0 Å². The molecular formula is C19H26N2. The van der Waals surface area contributed by atoms with Crippen LogP contribution in [-0.4, -0.2) is 23.7 Å². The van der Waals surface area contributed by atoms with Gasteiger partial charge in [0, 0.05) is 31.5 Å². The molecule has 2 aliphatic heterocycles. The van der Waals surface area contributed by atoms with Crippen LogP contribution in [0, 0.1) is 11.8 Å². The Morgan fingerprint density at radius 3 is 2.81 bits per heavy atom. The second kappa shape index (κ2) is 7.04. The predicted octanol–water partition coefficient (Wildman–Crippen LogP) is 4.28. The van der Waals surface area contributed by atoms with Gasteiger partial charge in [0.1, 0.15) is 0 Å². The quantitative estimate of drug-likeness (QED) is 0.787. The molecule has 21 heavy (non-hydrogen) atoms. The van der Waals surface area contributed by atoms with E-state index in [-0.39, 0.29) is 0 Å². The van der Waals surface area contributed by atoms with Crippen molar-refractivity contribution in [1.82, 2.24) is 4.90 Å². The number of benzene rings is 1. The lowest BCUT2D eigenvalue weighted by molar-refractivity contribution is 0.235. The van der Waals surface area contributed by atoms with E-state index < -0.39 is 0 Å². The zero-order valence-electron chi connectivity index (χ0n) is 13.0. The van der Waals surface area contributed by atoms with E-state index >= 15 is 0 Å². The van der Waals surface area contributed by atoms with Crippen molar-refractivity contribution >= 4 is 6.21 Å². The van der Waals surface area contributed by atoms with Gasteiger partial charge in [-0.3, -0.25) is 9.89 Å². The molecule has 0 spiro atoms. The van der Waals surface area contributed by atoms with E-state index in [1.807, 2.05) is 6.20 Å². The standard InChI is InChI=1S/C19H26N2/c1-2-19-13-18(12-16-8-10-20-11-9-16)15-21(19)14-17-6-4-3-5-7-17/h3-8,10-11,16,18-19H,2,9,12-15H2,1H3. The largest absolute Gasteiger partial charge is 0.296 e. The molecule has 2 heterocycles. The highest BCUT2D eigenvalue weighted by Crippen LogP contribution is 2.32. The summed E-state index contributed by atoms with van der Waals surface area (Å²) >= 11 is 0. The van der Waals surface area contributed by atoms with Crippen LogP contribution in [0.3, 0.4) is 0 Å². The van der Waals surface area contributed by atoms with Gasteiger partial charge in [-0.25, -0.2) is 0 Å². The molecule has 2 aliphatic rings. The molecular weight excluding hydrogens is 256 g/mol. The first-order chi connectivity index (χ1) is 10.3. The molecule has 1 fully saturated rings. The molecule has 2 heteroatoms. The summed E-state index contributed by atoms with van der Waals surface area (Å²) in [5.74, 6) is 1.56. The summed E-state index contributed by atoms with van der Waals surface area (Å²) in [5, 5.41) is 0. The van der Waals surface area contributed by atoms with Crippen LogP contribution in [0.5, 0.6) is 0 Å². The Morgan fingerprint density at radius 1 is 1.24 bits per heavy atom. The molecule has 0 radical (unpaired) electrons. The lowest BCUT2D eigenvalue weighted by atomic mass is 9.90. The van der Waals surface area contributed by atoms with Crippen molar-refractivity contribution in [2.45, 2.75) is 45.2 Å². The fraction of sp³-hybridized carbons (Fsp3) is 0.526. The molecule has 1 saturated heterocycles.